The minimum absolute atomic E-state index is 0.00282. The Morgan fingerprint density at radius 3 is 2.40 bits per heavy atom. The van der Waals surface area contributed by atoms with E-state index in [1.807, 2.05) is 19.9 Å². The molecule has 14 nitrogen and oxygen atoms in total. The van der Waals surface area contributed by atoms with E-state index in [9.17, 15) is 32.0 Å². The van der Waals surface area contributed by atoms with Crippen LogP contribution in [0.2, 0.25) is 0 Å². The van der Waals surface area contributed by atoms with Crippen molar-refractivity contribution in [2.24, 2.45) is 23.2 Å². The van der Waals surface area contributed by atoms with Gasteiger partial charge in [-0.05, 0) is 62.5 Å². The second-order valence-electron chi connectivity index (χ2n) is 17.2. The molecule has 2 aliphatic heterocycles. The Morgan fingerprint density at radius 2 is 1.77 bits per heavy atom. The van der Waals surface area contributed by atoms with Crippen LogP contribution in [0, 0.1) is 29.0 Å². The third kappa shape index (κ3) is 8.26. The average Bonchev–Trinajstić information content (AvgIpc) is 4.06. The van der Waals surface area contributed by atoms with Gasteiger partial charge in [-0.3, -0.25) is 23.9 Å². The number of nitrogens with one attached hydrogen (secondary N) is 3. The monoisotopic (exact) mass is 817 g/mol. The normalized spacial score (nSPS) is 29.5. The molecule has 4 aliphatic rings. The van der Waals surface area contributed by atoms with Gasteiger partial charge in [0.25, 0.3) is 5.91 Å². The van der Waals surface area contributed by atoms with Crippen molar-refractivity contribution >= 4 is 44.4 Å². The third-order valence-electron chi connectivity index (χ3n) is 11.8. The van der Waals surface area contributed by atoms with Gasteiger partial charge in [-0.15, -0.1) is 0 Å². The van der Waals surface area contributed by atoms with E-state index in [4.69, 9.17) is 14.2 Å². The van der Waals surface area contributed by atoms with Crippen LogP contribution in [-0.2, 0) is 29.2 Å². The maximum absolute atomic E-state index is 15.1. The Hall–Kier alpha value is -4.54. The van der Waals surface area contributed by atoms with Gasteiger partial charge in [0.1, 0.15) is 40.9 Å². The molecule has 1 aromatic heterocycles. The van der Waals surface area contributed by atoms with Crippen LogP contribution in [0.1, 0.15) is 79.6 Å². The molecule has 17 heteroatoms. The Kier molecular flexibility index (Phi) is 11.6. The Bertz CT molecular complexity index is 2070. The van der Waals surface area contributed by atoms with Crippen molar-refractivity contribution in [3.63, 3.8) is 0 Å². The highest BCUT2D eigenvalue weighted by Gasteiger charge is 2.64. The largest absolute Gasteiger partial charge is 0.494 e. The van der Waals surface area contributed by atoms with Crippen molar-refractivity contribution in [1.82, 2.24) is 25.2 Å². The molecule has 312 valence electrons. The number of benzene rings is 1. The Labute approximate surface area is 331 Å². The van der Waals surface area contributed by atoms with Gasteiger partial charge in [0, 0.05) is 23.1 Å². The number of pyridine rings is 1. The number of hydrogen-bond donors (Lipinski definition) is 3. The summed E-state index contributed by atoms with van der Waals surface area (Å²) in [5.41, 5.74) is -2.54. The molecule has 3 heterocycles. The van der Waals surface area contributed by atoms with Crippen molar-refractivity contribution in [3.05, 3.63) is 36.3 Å². The molecular formula is C40H53F2N5O9S. The molecule has 1 saturated heterocycles. The summed E-state index contributed by atoms with van der Waals surface area (Å²) in [6.45, 7) is 7.82. The Morgan fingerprint density at radius 1 is 1.07 bits per heavy atom. The van der Waals surface area contributed by atoms with Crippen molar-refractivity contribution in [1.29, 1.82) is 0 Å². The number of fused-ring (bicyclic) bond motifs is 3. The van der Waals surface area contributed by atoms with E-state index in [0.29, 0.717) is 24.0 Å². The van der Waals surface area contributed by atoms with Gasteiger partial charge in [0.2, 0.25) is 33.6 Å². The summed E-state index contributed by atoms with van der Waals surface area (Å²) in [4.78, 5) is 62.4. The van der Waals surface area contributed by atoms with Crippen LogP contribution in [0.5, 0.6) is 17.4 Å². The number of methoxy groups -OCH3 is 2. The minimum atomic E-state index is -4.41. The van der Waals surface area contributed by atoms with Crippen molar-refractivity contribution in [2.45, 2.75) is 108 Å². The first-order valence-corrected chi connectivity index (χ1v) is 20.9. The number of ether oxygens (including phenoxy) is 3. The van der Waals surface area contributed by atoms with Crippen LogP contribution >= 0.6 is 0 Å². The topological polar surface area (TPSA) is 182 Å². The molecule has 2 saturated carbocycles. The molecule has 2 aliphatic carbocycles. The van der Waals surface area contributed by atoms with E-state index in [0.717, 1.165) is 6.42 Å². The first kappa shape index (κ1) is 42.1. The summed E-state index contributed by atoms with van der Waals surface area (Å²) in [5.74, 6) is -3.84. The van der Waals surface area contributed by atoms with Crippen molar-refractivity contribution < 1.29 is 50.6 Å². The number of allylic oxidation sites excluding steroid dienone is 1. The zero-order chi connectivity index (χ0) is 41.7. The molecule has 57 heavy (non-hydrogen) atoms. The summed E-state index contributed by atoms with van der Waals surface area (Å²) < 4.78 is 72.6. The van der Waals surface area contributed by atoms with Gasteiger partial charge in [-0.2, -0.15) is 0 Å². The van der Waals surface area contributed by atoms with E-state index in [-0.39, 0.29) is 67.0 Å². The number of carbonyl (C=O) groups is 4. The number of nitrogens with zero attached hydrogens (tertiary/aromatic N) is 2. The van der Waals surface area contributed by atoms with Gasteiger partial charge < -0.3 is 29.7 Å². The summed E-state index contributed by atoms with van der Waals surface area (Å²) in [6.07, 6.45) is 6.21. The lowest BCUT2D eigenvalue weighted by atomic mass is 9.86. The van der Waals surface area contributed by atoms with Gasteiger partial charge in [-0.1, -0.05) is 46.8 Å². The zero-order valence-corrected chi connectivity index (χ0v) is 34.3. The molecule has 4 amide bonds. The van der Waals surface area contributed by atoms with E-state index in [1.165, 1.54) is 37.4 Å². The van der Waals surface area contributed by atoms with Gasteiger partial charge in [0.05, 0.1) is 32.3 Å². The number of rotatable bonds is 9. The van der Waals surface area contributed by atoms with Crippen LogP contribution in [-0.4, -0.2) is 97.8 Å². The number of aromatic nitrogens is 1. The number of amides is 4. The highest BCUT2D eigenvalue weighted by Crippen LogP contribution is 2.48. The lowest BCUT2D eigenvalue weighted by molar-refractivity contribution is -0.144. The summed E-state index contributed by atoms with van der Waals surface area (Å²) in [5, 5.41) is 6.43. The van der Waals surface area contributed by atoms with E-state index in [2.05, 4.69) is 20.3 Å². The molecule has 3 N–H and O–H groups in total. The standard InChI is InChI=1S/C40H53F2N5O9S/c1-22-10-8-9-11-24-18-40(24,37(51)46-57(52,53)39(21-41)12-13-39)45-33(48)29-15-25(20-47(29)35(49)32(23(2)14-22)44-36(50)38(3,4)5)56-34-27-16-28(42)30(54-6)17-26(27)31(55-7)19-43-34/h9,11,16-17,19,22-25,29,32H,8,10,12-15,18,20-21H2,1-7H3,(H,44,50)(H,45,48)(H,46,51)/b11-9-/t22-,23-,24?,25-,29+,32+,40?/m1/s1. The SMILES string of the molecule is COc1cc2c(OC)cnc(O[C@@H]3C[C@H]4C(=O)NC5(C(=O)NS(=O)(=O)C6(CF)CC6)CC5/C=C\CC[C@@H](C)C[C@@H](C)[C@H](NC(=O)C(C)(C)C)C(=O)N4C3)c2cc1F. The number of sulfonamides is 1. The van der Waals surface area contributed by atoms with Crippen LogP contribution in [0.4, 0.5) is 8.78 Å². The number of alkyl halides is 1. The van der Waals surface area contributed by atoms with Gasteiger partial charge in [0.15, 0.2) is 11.6 Å². The fraction of sp³-hybridized carbons (Fsp3) is 0.625. The zero-order valence-electron chi connectivity index (χ0n) is 33.4. The maximum Gasteiger partial charge on any atom is 0.259 e. The fourth-order valence-corrected chi connectivity index (χ4v) is 9.30. The predicted octanol–water partition coefficient (Wildman–Crippen LogP) is 4.11. The summed E-state index contributed by atoms with van der Waals surface area (Å²) in [7, 11) is -1.65. The predicted molar refractivity (Wildman–Crippen MR) is 206 cm³/mol. The lowest BCUT2D eigenvalue weighted by Gasteiger charge is -2.34. The highest BCUT2D eigenvalue weighted by atomic mass is 32.2. The first-order chi connectivity index (χ1) is 26.8. The summed E-state index contributed by atoms with van der Waals surface area (Å²) in [6, 6.07) is 0.349. The van der Waals surface area contributed by atoms with E-state index in [1.54, 1.807) is 26.8 Å². The van der Waals surface area contributed by atoms with Crippen LogP contribution in [0.15, 0.2) is 30.5 Å². The van der Waals surface area contributed by atoms with Crippen molar-refractivity contribution in [2.75, 3.05) is 27.4 Å². The van der Waals surface area contributed by atoms with E-state index < -0.39 is 80.0 Å². The smallest absolute Gasteiger partial charge is 0.259 e. The average molecular weight is 818 g/mol. The van der Waals surface area contributed by atoms with E-state index >= 15 is 4.39 Å². The highest BCUT2D eigenvalue weighted by molar-refractivity contribution is 7.91. The minimum Gasteiger partial charge on any atom is -0.494 e. The molecular weight excluding hydrogens is 765 g/mol. The van der Waals surface area contributed by atoms with Gasteiger partial charge in [-0.25, -0.2) is 22.2 Å². The third-order valence-corrected chi connectivity index (χ3v) is 13.9. The first-order valence-electron chi connectivity index (χ1n) is 19.4. The molecule has 0 spiro atoms. The lowest BCUT2D eigenvalue weighted by Crippen LogP contribution is -2.60. The van der Waals surface area contributed by atoms with Gasteiger partial charge >= 0.3 is 0 Å². The Balaban J connectivity index is 1.38. The maximum atomic E-state index is 15.1. The molecule has 7 atom stereocenters. The molecule has 2 aromatic rings. The van der Waals surface area contributed by atoms with Crippen LogP contribution in [0.3, 0.4) is 0 Å². The number of carbonyl (C=O) groups excluding carboxylic acids is 4. The second-order valence-corrected chi connectivity index (χ2v) is 19.3. The van der Waals surface area contributed by atoms with Crippen LogP contribution < -0.4 is 29.6 Å². The fourth-order valence-electron chi connectivity index (χ4n) is 7.87. The quantitative estimate of drug-likeness (QED) is 0.312. The second kappa shape index (κ2) is 15.7. The molecule has 2 unspecified atom stereocenters. The summed E-state index contributed by atoms with van der Waals surface area (Å²) >= 11 is 0. The molecule has 0 bridgehead atoms. The van der Waals surface area contributed by atoms with Crippen LogP contribution in [0.25, 0.3) is 10.8 Å². The molecule has 3 fully saturated rings. The number of hydrogen-bond acceptors (Lipinski definition) is 10. The molecule has 0 radical (unpaired) electrons. The molecule has 6 rings (SSSR count). The molecule has 1 aromatic carbocycles. The number of halogens is 2. The van der Waals surface area contributed by atoms with Crippen molar-refractivity contribution in [3.8, 4) is 17.4 Å².